The Bertz CT molecular complexity index is 1420. The van der Waals surface area contributed by atoms with Crippen LogP contribution < -0.4 is 10.9 Å². The lowest BCUT2D eigenvalue weighted by atomic mass is 10.1. The average molecular weight is 493 g/mol. The summed E-state index contributed by atoms with van der Waals surface area (Å²) in [6, 6.07) is 10.1. The van der Waals surface area contributed by atoms with Gasteiger partial charge in [-0.3, -0.25) is 9.59 Å². The first-order valence-electron chi connectivity index (χ1n) is 9.68. The standard InChI is InChI=1S/C22H16ClF3N4O2S/c1-12-16-4-2-3-5-17(16)20(32)30(29-12)11-19(31)28-21-27-10-15(33-21)9-13-8-14(22(24,25)26)6-7-18(13)23/h2-8,10H,9,11H2,1H3,(H,27,28,31). The van der Waals surface area contributed by atoms with E-state index in [2.05, 4.69) is 15.4 Å². The highest BCUT2D eigenvalue weighted by molar-refractivity contribution is 7.15. The van der Waals surface area contributed by atoms with E-state index < -0.39 is 17.6 Å². The number of nitrogens with one attached hydrogen (secondary N) is 1. The lowest BCUT2D eigenvalue weighted by Gasteiger charge is -2.09. The molecule has 0 saturated heterocycles. The SMILES string of the molecule is Cc1nn(CC(=O)Nc2ncc(Cc3cc(C(F)(F)F)ccc3Cl)s2)c(=O)c2ccccc12. The van der Waals surface area contributed by atoms with Crippen molar-refractivity contribution in [2.75, 3.05) is 5.32 Å². The van der Waals surface area contributed by atoms with E-state index in [9.17, 15) is 22.8 Å². The molecule has 0 fully saturated rings. The molecule has 0 bridgehead atoms. The van der Waals surface area contributed by atoms with E-state index in [4.69, 9.17) is 11.6 Å². The predicted molar refractivity (Wildman–Crippen MR) is 121 cm³/mol. The first-order valence-corrected chi connectivity index (χ1v) is 10.9. The van der Waals surface area contributed by atoms with E-state index in [1.807, 2.05) is 0 Å². The van der Waals surface area contributed by atoms with Gasteiger partial charge in [0.15, 0.2) is 5.13 Å². The van der Waals surface area contributed by atoms with Gasteiger partial charge < -0.3 is 5.32 Å². The largest absolute Gasteiger partial charge is 0.416 e. The minimum atomic E-state index is -4.47. The molecule has 1 N–H and O–H groups in total. The number of nitrogens with zero attached hydrogens (tertiary/aromatic N) is 3. The Morgan fingerprint density at radius 1 is 1.18 bits per heavy atom. The van der Waals surface area contributed by atoms with Crippen LogP contribution in [0.1, 0.15) is 21.7 Å². The van der Waals surface area contributed by atoms with Crippen molar-refractivity contribution >= 4 is 44.7 Å². The number of rotatable bonds is 5. The van der Waals surface area contributed by atoms with Crippen molar-refractivity contribution in [1.82, 2.24) is 14.8 Å². The summed E-state index contributed by atoms with van der Waals surface area (Å²) in [5, 5.41) is 8.44. The molecule has 6 nitrogen and oxygen atoms in total. The number of hydrogen-bond donors (Lipinski definition) is 1. The topological polar surface area (TPSA) is 76.9 Å². The van der Waals surface area contributed by atoms with Gasteiger partial charge in [-0.25, -0.2) is 9.67 Å². The molecule has 2 heterocycles. The average Bonchev–Trinajstić information content (AvgIpc) is 3.19. The molecular formula is C22H16ClF3N4O2S. The molecular weight excluding hydrogens is 477 g/mol. The Kier molecular flexibility index (Phi) is 6.22. The summed E-state index contributed by atoms with van der Waals surface area (Å²) in [6.45, 7) is 1.45. The fraction of sp³-hybridized carbons (Fsp3) is 0.182. The summed E-state index contributed by atoms with van der Waals surface area (Å²) in [7, 11) is 0. The third-order valence-corrected chi connectivity index (χ3v) is 6.16. The highest BCUT2D eigenvalue weighted by Crippen LogP contribution is 2.33. The molecule has 0 aliphatic heterocycles. The molecule has 1 amide bonds. The molecule has 0 aliphatic carbocycles. The molecule has 170 valence electrons. The zero-order valence-corrected chi connectivity index (χ0v) is 18.7. The van der Waals surface area contributed by atoms with Crippen LogP contribution in [0.2, 0.25) is 5.02 Å². The third kappa shape index (κ3) is 5.07. The minimum Gasteiger partial charge on any atom is -0.300 e. The van der Waals surface area contributed by atoms with Gasteiger partial charge in [0.05, 0.1) is 16.6 Å². The Morgan fingerprint density at radius 3 is 2.64 bits per heavy atom. The molecule has 2 aromatic carbocycles. The summed E-state index contributed by atoms with van der Waals surface area (Å²) < 4.78 is 40.0. The van der Waals surface area contributed by atoms with Gasteiger partial charge in [-0.2, -0.15) is 18.3 Å². The van der Waals surface area contributed by atoms with Gasteiger partial charge in [0, 0.05) is 27.9 Å². The fourth-order valence-electron chi connectivity index (χ4n) is 3.33. The summed E-state index contributed by atoms with van der Waals surface area (Å²) in [6.07, 6.45) is -2.89. The number of thiazole rings is 1. The summed E-state index contributed by atoms with van der Waals surface area (Å²) in [5.74, 6) is -0.503. The van der Waals surface area contributed by atoms with Crippen molar-refractivity contribution in [3.63, 3.8) is 0 Å². The number of anilines is 1. The van der Waals surface area contributed by atoms with E-state index in [1.165, 1.54) is 12.3 Å². The van der Waals surface area contributed by atoms with Crippen LogP contribution in [0.3, 0.4) is 0 Å². The maximum Gasteiger partial charge on any atom is 0.416 e. The Balaban J connectivity index is 1.48. The fourth-order valence-corrected chi connectivity index (χ4v) is 4.36. The van der Waals surface area contributed by atoms with Gasteiger partial charge in [0.25, 0.3) is 5.56 Å². The number of alkyl halides is 3. The normalized spacial score (nSPS) is 11.7. The van der Waals surface area contributed by atoms with Crippen LogP contribution in [0.15, 0.2) is 53.5 Å². The maximum absolute atomic E-state index is 13.0. The van der Waals surface area contributed by atoms with E-state index in [0.29, 0.717) is 21.5 Å². The van der Waals surface area contributed by atoms with Crippen molar-refractivity contribution in [2.45, 2.75) is 26.1 Å². The highest BCUT2D eigenvalue weighted by Gasteiger charge is 2.31. The van der Waals surface area contributed by atoms with Crippen LogP contribution >= 0.6 is 22.9 Å². The lowest BCUT2D eigenvalue weighted by molar-refractivity contribution is -0.137. The molecule has 11 heteroatoms. The molecule has 0 atom stereocenters. The van der Waals surface area contributed by atoms with E-state index in [1.54, 1.807) is 31.2 Å². The number of hydrogen-bond acceptors (Lipinski definition) is 5. The van der Waals surface area contributed by atoms with Crippen molar-refractivity contribution in [3.8, 4) is 0 Å². The maximum atomic E-state index is 13.0. The first kappa shape index (κ1) is 22.9. The molecule has 0 unspecified atom stereocenters. The molecule has 0 spiro atoms. The highest BCUT2D eigenvalue weighted by atomic mass is 35.5. The molecule has 2 aromatic heterocycles. The van der Waals surface area contributed by atoms with Crippen molar-refractivity contribution in [2.24, 2.45) is 0 Å². The van der Waals surface area contributed by atoms with Gasteiger partial charge in [0.1, 0.15) is 6.54 Å². The van der Waals surface area contributed by atoms with Gasteiger partial charge in [-0.1, -0.05) is 29.8 Å². The van der Waals surface area contributed by atoms with E-state index in [0.717, 1.165) is 33.5 Å². The number of aryl methyl sites for hydroxylation is 1. The Morgan fingerprint density at radius 2 is 1.91 bits per heavy atom. The second-order valence-electron chi connectivity index (χ2n) is 7.25. The number of benzene rings is 2. The van der Waals surface area contributed by atoms with Crippen LogP contribution in [0.25, 0.3) is 10.8 Å². The van der Waals surface area contributed by atoms with Crippen molar-refractivity contribution in [3.05, 3.63) is 85.7 Å². The molecule has 0 radical (unpaired) electrons. The van der Waals surface area contributed by atoms with Gasteiger partial charge >= 0.3 is 6.18 Å². The van der Waals surface area contributed by atoms with E-state index >= 15 is 0 Å². The van der Waals surface area contributed by atoms with Crippen LogP contribution in [0.4, 0.5) is 18.3 Å². The number of amides is 1. The summed E-state index contributed by atoms with van der Waals surface area (Å²) in [4.78, 5) is 29.8. The van der Waals surface area contributed by atoms with Crippen LogP contribution in [0, 0.1) is 6.92 Å². The Labute approximate surface area is 194 Å². The molecule has 0 aliphatic rings. The quantitative estimate of drug-likeness (QED) is 0.422. The predicted octanol–water partition coefficient (Wildman–Crippen LogP) is 5.06. The van der Waals surface area contributed by atoms with Crippen molar-refractivity contribution in [1.29, 1.82) is 0 Å². The van der Waals surface area contributed by atoms with Crippen LogP contribution in [-0.2, 0) is 23.9 Å². The van der Waals surface area contributed by atoms with Gasteiger partial charge in [-0.15, -0.1) is 11.3 Å². The summed E-state index contributed by atoms with van der Waals surface area (Å²) >= 11 is 7.16. The summed E-state index contributed by atoms with van der Waals surface area (Å²) in [5.41, 5.74) is -0.253. The van der Waals surface area contributed by atoms with Gasteiger partial charge in [0.2, 0.25) is 5.91 Å². The first-order chi connectivity index (χ1) is 15.6. The number of aromatic nitrogens is 3. The zero-order chi connectivity index (χ0) is 23.8. The number of carbonyl (C=O) groups excluding carboxylic acids is 1. The smallest absolute Gasteiger partial charge is 0.300 e. The number of carbonyl (C=O) groups is 1. The Hall–Kier alpha value is -3.24. The molecule has 0 saturated carbocycles. The second kappa shape index (κ2) is 8.95. The lowest BCUT2D eigenvalue weighted by Crippen LogP contribution is -2.30. The van der Waals surface area contributed by atoms with Crippen LogP contribution in [-0.4, -0.2) is 20.7 Å². The monoisotopic (exact) mass is 492 g/mol. The molecule has 4 rings (SSSR count). The zero-order valence-electron chi connectivity index (χ0n) is 17.1. The van der Waals surface area contributed by atoms with Crippen LogP contribution in [0.5, 0.6) is 0 Å². The molecule has 4 aromatic rings. The minimum absolute atomic E-state index is 0.126. The molecule has 33 heavy (non-hydrogen) atoms. The van der Waals surface area contributed by atoms with Gasteiger partial charge in [-0.05, 0) is 36.8 Å². The number of fused-ring (bicyclic) bond motifs is 1. The second-order valence-corrected chi connectivity index (χ2v) is 8.78. The van der Waals surface area contributed by atoms with E-state index in [-0.39, 0.29) is 28.7 Å². The number of halogens is 4. The third-order valence-electron chi connectivity index (χ3n) is 4.88. The van der Waals surface area contributed by atoms with Crippen molar-refractivity contribution < 1.29 is 18.0 Å².